The predicted molar refractivity (Wildman–Crippen MR) is 88.7 cm³/mol. The van der Waals surface area contributed by atoms with Crippen LogP contribution in [0.4, 0.5) is 10.5 Å². The molecule has 2 N–H and O–H groups in total. The van der Waals surface area contributed by atoms with Crippen LogP contribution in [-0.2, 0) is 16.0 Å². The largest absolute Gasteiger partial charge is 0.443 e. The second kappa shape index (κ2) is 6.42. The number of anilines is 1. The number of hydrogen-bond donors (Lipinski definition) is 2. The highest BCUT2D eigenvalue weighted by molar-refractivity contribution is 6.04. The summed E-state index contributed by atoms with van der Waals surface area (Å²) in [5, 5.41) is 12.5. The van der Waals surface area contributed by atoms with Crippen LogP contribution in [0.5, 0.6) is 0 Å². The average Bonchev–Trinajstić information content (AvgIpc) is 2.75. The van der Waals surface area contributed by atoms with E-state index in [0.717, 1.165) is 10.9 Å². The van der Waals surface area contributed by atoms with Gasteiger partial charge in [0.2, 0.25) is 5.91 Å². The van der Waals surface area contributed by atoms with Crippen molar-refractivity contribution < 1.29 is 19.4 Å². The Kier molecular flexibility index (Phi) is 4.75. The van der Waals surface area contributed by atoms with Gasteiger partial charge in [0.25, 0.3) is 0 Å². The maximum absolute atomic E-state index is 12.4. The molecule has 0 fully saturated rings. The highest BCUT2D eigenvalue weighted by atomic mass is 16.6. The lowest BCUT2D eigenvalue weighted by atomic mass is 10.1. The lowest BCUT2D eigenvalue weighted by Crippen LogP contribution is -2.26. The van der Waals surface area contributed by atoms with Gasteiger partial charge in [-0.25, -0.2) is 4.79 Å². The number of rotatable bonds is 3. The molecule has 0 saturated heterocycles. The molecule has 0 aliphatic heterocycles. The van der Waals surface area contributed by atoms with Crippen molar-refractivity contribution in [2.24, 2.45) is 0 Å². The Labute approximate surface area is 135 Å². The van der Waals surface area contributed by atoms with Crippen LogP contribution in [0.15, 0.2) is 24.4 Å². The van der Waals surface area contributed by atoms with E-state index in [9.17, 15) is 9.59 Å². The number of amides is 1. The Bertz CT molecular complexity index is 741. The molecular formula is C17H22N2O4. The zero-order chi connectivity index (χ0) is 17.2. The normalized spacial score (nSPS) is 11.5. The van der Waals surface area contributed by atoms with E-state index in [1.165, 1.54) is 11.5 Å². The van der Waals surface area contributed by atoms with E-state index in [0.29, 0.717) is 17.6 Å². The molecule has 0 radical (unpaired) electrons. The Hall–Kier alpha value is -2.34. The molecular weight excluding hydrogens is 296 g/mol. The Morgan fingerprint density at radius 1 is 1.30 bits per heavy atom. The number of nitrogens with zero attached hydrogens (tertiary/aromatic N) is 1. The molecule has 0 bridgehead atoms. The first-order chi connectivity index (χ1) is 10.7. The molecule has 0 unspecified atom stereocenters. The van der Waals surface area contributed by atoms with Gasteiger partial charge in [0.1, 0.15) is 5.60 Å². The van der Waals surface area contributed by atoms with Crippen molar-refractivity contribution in [2.45, 2.75) is 39.7 Å². The Balaban J connectivity index is 2.53. The number of hydrogen-bond acceptors (Lipinski definition) is 4. The lowest BCUT2D eigenvalue weighted by molar-refractivity contribution is -0.114. The minimum Gasteiger partial charge on any atom is -0.443 e. The molecule has 0 spiro atoms. The second-order valence-electron chi connectivity index (χ2n) is 6.40. The van der Waals surface area contributed by atoms with Gasteiger partial charge < -0.3 is 15.2 Å². The summed E-state index contributed by atoms with van der Waals surface area (Å²) in [5.74, 6) is -0.221. The fourth-order valence-corrected chi connectivity index (χ4v) is 2.31. The third-order valence-electron chi connectivity index (χ3n) is 3.17. The molecule has 1 heterocycles. The van der Waals surface area contributed by atoms with E-state index in [1.807, 2.05) is 12.1 Å². The first-order valence-corrected chi connectivity index (χ1v) is 7.47. The summed E-state index contributed by atoms with van der Waals surface area (Å²) in [6.07, 6.45) is 1.56. The highest BCUT2D eigenvalue weighted by Crippen LogP contribution is 2.28. The summed E-state index contributed by atoms with van der Waals surface area (Å²) >= 11 is 0. The fraction of sp³-hybridized carbons (Fsp3) is 0.412. The van der Waals surface area contributed by atoms with E-state index in [-0.39, 0.29) is 12.5 Å². The first kappa shape index (κ1) is 17.0. The van der Waals surface area contributed by atoms with Crippen LogP contribution < -0.4 is 5.32 Å². The zero-order valence-electron chi connectivity index (χ0n) is 13.8. The van der Waals surface area contributed by atoms with Crippen molar-refractivity contribution in [1.82, 2.24) is 4.57 Å². The van der Waals surface area contributed by atoms with Crippen molar-refractivity contribution in [2.75, 3.05) is 11.9 Å². The molecule has 2 aromatic rings. The maximum Gasteiger partial charge on any atom is 0.419 e. The molecule has 1 aromatic carbocycles. The summed E-state index contributed by atoms with van der Waals surface area (Å²) in [6, 6.07) is 5.49. The van der Waals surface area contributed by atoms with Gasteiger partial charge in [-0.2, -0.15) is 0 Å². The number of aliphatic hydroxyl groups excluding tert-OH is 1. The first-order valence-electron chi connectivity index (χ1n) is 7.47. The number of carbonyl (C=O) groups is 2. The fourth-order valence-electron chi connectivity index (χ4n) is 2.31. The quantitative estimate of drug-likeness (QED) is 0.912. The van der Waals surface area contributed by atoms with Crippen molar-refractivity contribution in [1.29, 1.82) is 0 Å². The van der Waals surface area contributed by atoms with Crippen LogP contribution >= 0.6 is 0 Å². The summed E-state index contributed by atoms with van der Waals surface area (Å²) in [4.78, 5) is 23.8. The molecule has 0 aliphatic carbocycles. The van der Waals surface area contributed by atoms with Gasteiger partial charge in [0, 0.05) is 25.1 Å². The molecule has 6 heteroatoms. The smallest absolute Gasteiger partial charge is 0.419 e. The third-order valence-corrected chi connectivity index (χ3v) is 3.17. The number of nitrogens with one attached hydrogen (secondary N) is 1. The van der Waals surface area contributed by atoms with E-state index in [2.05, 4.69) is 5.32 Å². The Morgan fingerprint density at radius 2 is 2.00 bits per heavy atom. The number of aromatic nitrogens is 1. The number of carbonyl (C=O) groups excluding carboxylic acids is 2. The van der Waals surface area contributed by atoms with Gasteiger partial charge >= 0.3 is 6.09 Å². The van der Waals surface area contributed by atoms with Gasteiger partial charge in [-0.05, 0) is 44.9 Å². The van der Waals surface area contributed by atoms with E-state index in [1.54, 1.807) is 33.0 Å². The van der Waals surface area contributed by atoms with Crippen molar-refractivity contribution in [3.63, 3.8) is 0 Å². The summed E-state index contributed by atoms with van der Waals surface area (Å²) in [5.41, 5.74) is 1.50. The minimum absolute atomic E-state index is 0.0355. The topological polar surface area (TPSA) is 80.6 Å². The Morgan fingerprint density at radius 3 is 2.57 bits per heavy atom. The average molecular weight is 318 g/mol. The van der Waals surface area contributed by atoms with Crippen LogP contribution in [0.1, 0.15) is 33.3 Å². The summed E-state index contributed by atoms with van der Waals surface area (Å²) in [7, 11) is 0. The molecule has 1 amide bonds. The van der Waals surface area contributed by atoms with Gasteiger partial charge in [-0.3, -0.25) is 9.36 Å². The minimum atomic E-state index is -0.612. The van der Waals surface area contributed by atoms with Crippen molar-refractivity contribution >= 4 is 28.6 Å². The number of benzene rings is 1. The predicted octanol–water partition coefficient (Wildman–Crippen LogP) is 2.92. The van der Waals surface area contributed by atoms with Crippen LogP contribution in [0, 0.1) is 0 Å². The summed E-state index contributed by atoms with van der Waals surface area (Å²) < 4.78 is 6.78. The third kappa shape index (κ3) is 4.10. The van der Waals surface area contributed by atoms with Gasteiger partial charge in [0.05, 0.1) is 11.2 Å². The van der Waals surface area contributed by atoms with Crippen LogP contribution in [0.25, 0.3) is 10.9 Å². The van der Waals surface area contributed by atoms with Crippen molar-refractivity contribution in [3.05, 3.63) is 30.0 Å². The molecule has 0 saturated carbocycles. The van der Waals surface area contributed by atoms with Crippen LogP contribution in [0.2, 0.25) is 0 Å². The van der Waals surface area contributed by atoms with E-state index in [4.69, 9.17) is 9.84 Å². The van der Waals surface area contributed by atoms with E-state index >= 15 is 0 Å². The summed E-state index contributed by atoms with van der Waals surface area (Å²) in [6.45, 7) is 6.84. The van der Waals surface area contributed by atoms with Gasteiger partial charge in [0.15, 0.2) is 0 Å². The number of aliphatic hydroxyl groups is 1. The highest BCUT2D eigenvalue weighted by Gasteiger charge is 2.21. The molecule has 1 aromatic heterocycles. The zero-order valence-corrected chi connectivity index (χ0v) is 13.8. The maximum atomic E-state index is 12.4. The second-order valence-corrected chi connectivity index (χ2v) is 6.40. The lowest BCUT2D eigenvalue weighted by Gasteiger charge is -2.19. The SMILES string of the molecule is CC(=O)Nc1cn(C(=O)OC(C)(C)C)c2ccc(CCO)cc12. The van der Waals surface area contributed by atoms with Gasteiger partial charge in [-0.1, -0.05) is 6.07 Å². The monoisotopic (exact) mass is 318 g/mol. The molecule has 6 nitrogen and oxygen atoms in total. The molecule has 0 aliphatic rings. The van der Waals surface area contributed by atoms with Gasteiger partial charge in [-0.15, -0.1) is 0 Å². The number of fused-ring (bicyclic) bond motifs is 1. The van der Waals surface area contributed by atoms with E-state index < -0.39 is 11.7 Å². The molecule has 2 rings (SSSR count). The van der Waals surface area contributed by atoms with Crippen LogP contribution in [-0.4, -0.2) is 33.9 Å². The molecule has 0 atom stereocenters. The standard InChI is InChI=1S/C17H22N2O4/c1-11(21)18-14-10-19(16(22)23-17(2,3)4)15-6-5-12(7-8-20)9-13(14)15/h5-6,9-10,20H,7-8H2,1-4H3,(H,18,21). The van der Waals surface area contributed by atoms with Crippen LogP contribution in [0.3, 0.4) is 0 Å². The molecule has 124 valence electrons. The van der Waals surface area contributed by atoms with Crippen molar-refractivity contribution in [3.8, 4) is 0 Å². The number of ether oxygens (including phenoxy) is 1. The molecule has 23 heavy (non-hydrogen) atoms.